The van der Waals surface area contributed by atoms with Crippen molar-refractivity contribution in [3.8, 4) is 33.8 Å². The second-order valence-corrected chi connectivity index (χ2v) is 17.1. The van der Waals surface area contributed by atoms with E-state index in [0.29, 0.717) is 18.6 Å². The maximum absolute atomic E-state index is 14.0. The molecule has 4 heteroatoms. The Labute approximate surface area is 307 Å². The predicted octanol–water partition coefficient (Wildman–Crippen LogP) is 12.1. The largest absolute Gasteiger partial charge is 0.497 e. The van der Waals surface area contributed by atoms with Gasteiger partial charge in [0.1, 0.15) is 17.3 Å². The van der Waals surface area contributed by atoms with Gasteiger partial charge in [0, 0.05) is 24.2 Å². The monoisotopic (exact) mass is 696 g/mol. The molecular formula is C47H53O3P. The van der Waals surface area contributed by atoms with E-state index in [9.17, 15) is 4.79 Å². The average molecular weight is 697 g/mol. The molecule has 1 heterocycles. The molecule has 1 aliphatic heterocycles. The first-order valence-electron chi connectivity index (χ1n) is 18.2. The van der Waals surface area contributed by atoms with Crippen LogP contribution in [-0.4, -0.2) is 20.0 Å². The third-order valence-electron chi connectivity index (χ3n) is 12.3. The van der Waals surface area contributed by atoms with Gasteiger partial charge in [-0.1, -0.05) is 50.4 Å². The van der Waals surface area contributed by atoms with Crippen LogP contribution in [0.3, 0.4) is 0 Å². The molecule has 0 amide bonds. The van der Waals surface area contributed by atoms with Crippen molar-refractivity contribution >= 4 is 19.0 Å². The van der Waals surface area contributed by atoms with Gasteiger partial charge in [0.05, 0.1) is 14.2 Å². The third-order valence-corrected chi connectivity index (χ3v) is 15.7. The first-order chi connectivity index (χ1) is 24.3. The standard InChI is InChI=1S/C47H53O3P/c1-26-28(3)32(7)45(33(8)29(26)4)41-14-13-15-42(46-34(9)30(5)27(2)31(6)35(46)10)47(41)51-43(36-16-20-39(49-11)21-17-36)24-38(48)25-44(51)37-18-22-40(50-12)23-19-37/h13-23,43-44H,24-25H2,1-12H3. The molecule has 0 spiro atoms. The number of Topliss-reactive ketones (excluding diaryl/α,β-unsaturated/α-hetero) is 1. The lowest BCUT2D eigenvalue weighted by molar-refractivity contribution is -0.119. The van der Waals surface area contributed by atoms with Crippen molar-refractivity contribution in [2.45, 2.75) is 93.4 Å². The molecule has 0 bridgehead atoms. The van der Waals surface area contributed by atoms with Gasteiger partial charge < -0.3 is 9.47 Å². The Morgan fingerprint density at radius 3 is 1.10 bits per heavy atom. The van der Waals surface area contributed by atoms with Gasteiger partial charge in [-0.2, -0.15) is 0 Å². The van der Waals surface area contributed by atoms with Crippen molar-refractivity contribution in [3.63, 3.8) is 0 Å². The molecule has 0 saturated carbocycles. The summed E-state index contributed by atoms with van der Waals surface area (Å²) in [5.41, 5.74) is 21.2. The van der Waals surface area contributed by atoms with Gasteiger partial charge in [-0.05, 0) is 188 Å². The first-order valence-corrected chi connectivity index (χ1v) is 19.6. The molecule has 1 saturated heterocycles. The first kappa shape index (κ1) is 36.6. The van der Waals surface area contributed by atoms with Gasteiger partial charge in [-0.3, -0.25) is 4.79 Å². The van der Waals surface area contributed by atoms with Gasteiger partial charge in [0.2, 0.25) is 0 Å². The lowest BCUT2D eigenvalue weighted by Crippen LogP contribution is -2.26. The summed E-state index contributed by atoms with van der Waals surface area (Å²) in [6.07, 6.45) is 1.04. The van der Waals surface area contributed by atoms with E-state index in [0.717, 1.165) is 11.5 Å². The molecule has 264 valence electrons. The zero-order valence-corrected chi connectivity index (χ0v) is 33.5. The van der Waals surface area contributed by atoms with Crippen molar-refractivity contribution in [3.05, 3.63) is 133 Å². The summed E-state index contributed by atoms with van der Waals surface area (Å²) in [5, 5.41) is 1.41. The molecule has 2 atom stereocenters. The van der Waals surface area contributed by atoms with Gasteiger partial charge >= 0.3 is 0 Å². The number of rotatable bonds is 7. The summed E-state index contributed by atoms with van der Waals surface area (Å²) >= 11 is 0. The van der Waals surface area contributed by atoms with Crippen LogP contribution in [-0.2, 0) is 4.79 Å². The van der Waals surface area contributed by atoms with Crippen molar-refractivity contribution < 1.29 is 14.3 Å². The number of carbonyl (C=O) groups excluding carboxylic acids is 1. The summed E-state index contributed by atoms with van der Waals surface area (Å²) in [7, 11) is 2.42. The number of carbonyl (C=O) groups is 1. The van der Waals surface area contributed by atoms with Gasteiger partial charge in [0.15, 0.2) is 0 Å². The smallest absolute Gasteiger partial charge is 0.134 e. The molecule has 5 aromatic carbocycles. The van der Waals surface area contributed by atoms with Crippen LogP contribution in [0.4, 0.5) is 0 Å². The zero-order valence-electron chi connectivity index (χ0n) is 32.6. The summed E-state index contributed by atoms with van der Waals surface area (Å²) in [4.78, 5) is 14.0. The third kappa shape index (κ3) is 6.33. The van der Waals surface area contributed by atoms with E-state index in [1.165, 1.54) is 94.3 Å². The molecule has 51 heavy (non-hydrogen) atoms. The fourth-order valence-electron chi connectivity index (χ4n) is 8.48. The quantitative estimate of drug-likeness (QED) is 0.159. The van der Waals surface area contributed by atoms with E-state index in [1.807, 2.05) is 0 Å². The second kappa shape index (κ2) is 14.4. The van der Waals surface area contributed by atoms with Crippen molar-refractivity contribution in [2.24, 2.45) is 0 Å². The van der Waals surface area contributed by atoms with Crippen LogP contribution < -0.4 is 14.8 Å². The Hall–Kier alpha value is -4.20. The Kier molecular flexibility index (Phi) is 10.4. The van der Waals surface area contributed by atoms with Crippen molar-refractivity contribution in [1.82, 2.24) is 0 Å². The van der Waals surface area contributed by atoms with Crippen molar-refractivity contribution in [1.29, 1.82) is 0 Å². The van der Waals surface area contributed by atoms with Crippen LogP contribution in [0.15, 0.2) is 66.7 Å². The predicted molar refractivity (Wildman–Crippen MR) is 217 cm³/mol. The number of benzene rings is 5. The molecule has 2 unspecified atom stereocenters. The maximum Gasteiger partial charge on any atom is 0.134 e. The maximum atomic E-state index is 14.0. The molecule has 3 nitrogen and oxygen atoms in total. The van der Waals surface area contributed by atoms with E-state index in [2.05, 4.69) is 136 Å². The van der Waals surface area contributed by atoms with Crippen LogP contribution in [0.2, 0.25) is 0 Å². The van der Waals surface area contributed by atoms with E-state index >= 15 is 0 Å². The Balaban J connectivity index is 1.79. The van der Waals surface area contributed by atoms with Crippen LogP contribution in [0, 0.1) is 69.2 Å². The fourth-order valence-corrected chi connectivity index (χ4v) is 12.3. The summed E-state index contributed by atoms with van der Waals surface area (Å²) in [5.74, 6) is 1.97. The molecule has 0 radical (unpaired) electrons. The second-order valence-electron chi connectivity index (χ2n) is 14.6. The summed E-state index contributed by atoms with van der Waals surface area (Å²) in [6, 6.07) is 24.0. The van der Waals surface area contributed by atoms with Crippen LogP contribution in [0.1, 0.15) is 90.9 Å². The number of hydrogen-bond acceptors (Lipinski definition) is 3. The molecule has 0 aromatic heterocycles. The lowest BCUT2D eigenvalue weighted by atomic mass is 9.83. The van der Waals surface area contributed by atoms with E-state index in [1.54, 1.807) is 14.2 Å². The summed E-state index contributed by atoms with van der Waals surface area (Å²) in [6.45, 7) is 22.8. The highest BCUT2D eigenvalue weighted by Crippen LogP contribution is 2.68. The lowest BCUT2D eigenvalue weighted by Gasteiger charge is -2.41. The number of ketones is 1. The molecule has 6 rings (SSSR count). The number of hydrogen-bond donors (Lipinski definition) is 0. The van der Waals surface area contributed by atoms with Crippen LogP contribution >= 0.6 is 7.92 Å². The number of ether oxygens (including phenoxy) is 2. The van der Waals surface area contributed by atoms with Crippen LogP contribution in [0.5, 0.6) is 11.5 Å². The molecular weight excluding hydrogens is 643 g/mol. The summed E-state index contributed by atoms with van der Waals surface area (Å²) < 4.78 is 11.2. The highest BCUT2D eigenvalue weighted by Gasteiger charge is 2.42. The molecule has 1 aliphatic rings. The topological polar surface area (TPSA) is 35.5 Å². The molecule has 5 aromatic rings. The molecule has 1 fully saturated rings. The average Bonchev–Trinajstić information content (AvgIpc) is 3.15. The highest BCUT2D eigenvalue weighted by molar-refractivity contribution is 7.67. The van der Waals surface area contributed by atoms with Gasteiger partial charge in [0.25, 0.3) is 0 Å². The zero-order chi connectivity index (χ0) is 36.9. The minimum Gasteiger partial charge on any atom is -0.497 e. The van der Waals surface area contributed by atoms with Crippen molar-refractivity contribution in [2.75, 3.05) is 14.2 Å². The normalized spacial score (nSPS) is 17.5. The Morgan fingerprint density at radius 1 is 0.471 bits per heavy atom. The van der Waals surface area contributed by atoms with Gasteiger partial charge in [-0.25, -0.2) is 0 Å². The Morgan fingerprint density at radius 2 is 0.784 bits per heavy atom. The fraction of sp³-hybridized carbons (Fsp3) is 0.340. The SMILES string of the molecule is COc1ccc(C2CC(=O)CC(c3ccc(OC)cc3)P2c2c(-c3c(C)c(C)c(C)c(C)c3C)cccc2-c2c(C)c(C)c(C)c(C)c2C)cc1. The minimum atomic E-state index is -0.995. The van der Waals surface area contributed by atoms with Crippen LogP contribution in [0.25, 0.3) is 22.3 Å². The van der Waals surface area contributed by atoms with E-state index < -0.39 is 7.92 Å². The minimum absolute atomic E-state index is 0.0284. The molecule has 0 N–H and O–H groups in total. The van der Waals surface area contributed by atoms with Gasteiger partial charge in [-0.15, -0.1) is 0 Å². The van der Waals surface area contributed by atoms with E-state index in [4.69, 9.17) is 9.47 Å². The Bertz CT molecular complexity index is 1930. The van der Waals surface area contributed by atoms with E-state index in [-0.39, 0.29) is 11.3 Å². The number of methoxy groups -OCH3 is 2. The molecule has 0 aliphatic carbocycles. The highest BCUT2D eigenvalue weighted by atomic mass is 31.1.